The Morgan fingerprint density at radius 1 is 1.12 bits per heavy atom. The van der Waals surface area contributed by atoms with E-state index in [-0.39, 0.29) is 6.42 Å². The number of ether oxygens (including phenoxy) is 1. The Morgan fingerprint density at radius 2 is 1.85 bits per heavy atom. The molecular weight excluding hydrogens is 344 g/mol. The van der Waals surface area contributed by atoms with Crippen LogP contribution in [-0.4, -0.2) is 67.9 Å². The first kappa shape index (κ1) is 18.3. The van der Waals surface area contributed by atoms with Gasteiger partial charge < -0.3 is 35.5 Å². The van der Waals surface area contributed by atoms with Crippen molar-refractivity contribution in [2.75, 3.05) is 0 Å². The third-order valence-electron chi connectivity index (χ3n) is 4.46. The molecule has 1 aliphatic rings. The van der Waals surface area contributed by atoms with E-state index in [4.69, 9.17) is 9.84 Å². The van der Waals surface area contributed by atoms with Crippen LogP contribution in [0.25, 0.3) is 10.9 Å². The molecule has 0 spiro atoms. The van der Waals surface area contributed by atoms with Crippen LogP contribution in [0.4, 0.5) is 0 Å². The average molecular weight is 364 g/mol. The molecule has 9 nitrogen and oxygen atoms in total. The largest absolute Gasteiger partial charge is 0.479 e. The molecule has 3 rings (SSSR count). The number of nitrogens with one attached hydrogen (secondary N) is 2. The fourth-order valence-corrected chi connectivity index (χ4v) is 3.02. The normalized spacial score (nSPS) is 28.8. The number of hydrogen-bond acceptors (Lipinski definition) is 6. The highest BCUT2D eigenvalue weighted by Crippen LogP contribution is 2.21. The lowest BCUT2D eigenvalue weighted by molar-refractivity contribution is -0.233. The quantitative estimate of drug-likeness (QED) is 0.402. The molecule has 0 radical (unpaired) electrons. The van der Waals surface area contributed by atoms with E-state index in [1.165, 1.54) is 0 Å². The smallest absolute Gasteiger partial charge is 0.335 e. The monoisotopic (exact) mass is 364 g/mol. The highest BCUT2D eigenvalue weighted by atomic mass is 16.6. The topological polar surface area (TPSA) is 152 Å². The second kappa shape index (κ2) is 7.42. The van der Waals surface area contributed by atoms with Gasteiger partial charge in [0.2, 0.25) is 5.91 Å². The van der Waals surface area contributed by atoms with Crippen LogP contribution in [0.5, 0.6) is 0 Å². The van der Waals surface area contributed by atoms with Crippen molar-refractivity contribution in [1.82, 2.24) is 10.3 Å². The van der Waals surface area contributed by atoms with Gasteiger partial charge in [-0.3, -0.25) is 4.79 Å². The van der Waals surface area contributed by atoms with Gasteiger partial charge in [0.15, 0.2) is 12.3 Å². The van der Waals surface area contributed by atoms with Crippen LogP contribution >= 0.6 is 0 Å². The van der Waals surface area contributed by atoms with Gasteiger partial charge in [0.05, 0.1) is 0 Å². The maximum Gasteiger partial charge on any atom is 0.335 e. The number of carbonyl (C=O) groups is 2. The second-order valence-corrected chi connectivity index (χ2v) is 6.21. The SMILES string of the molecule is O=C(CCc1c[nH]c2ccccc12)N[C@@H]1O[C@H](C(=O)O)[C@@H](O)[C@H](O)[C@H]1O. The summed E-state index contributed by atoms with van der Waals surface area (Å²) in [5, 5.41) is 41.6. The first-order valence-corrected chi connectivity index (χ1v) is 8.15. The van der Waals surface area contributed by atoms with Crippen molar-refractivity contribution in [3.8, 4) is 0 Å². The molecule has 2 aromatic rings. The number of carboxylic acid groups (broad SMARTS) is 1. The van der Waals surface area contributed by atoms with E-state index >= 15 is 0 Å². The number of aliphatic hydroxyl groups is 3. The van der Waals surface area contributed by atoms with Gasteiger partial charge in [-0.15, -0.1) is 0 Å². The summed E-state index contributed by atoms with van der Waals surface area (Å²) < 4.78 is 5.02. The summed E-state index contributed by atoms with van der Waals surface area (Å²) >= 11 is 0. The van der Waals surface area contributed by atoms with E-state index in [1.807, 2.05) is 30.5 Å². The summed E-state index contributed by atoms with van der Waals surface area (Å²) in [6.45, 7) is 0. The molecule has 1 aromatic heterocycles. The standard InChI is InChI=1S/C17H20N2O7/c20-11(6-5-8-7-18-10-4-2-1-3-9(8)10)19-16-14(23)12(21)13(22)15(26-16)17(24)25/h1-4,7,12-16,18,21-23H,5-6H2,(H,19,20)(H,24,25)/t12-,13-,14+,15-,16+/m0/s1. The highest BCUT2D eigenvalue weighted by Gasteiger charge is 2.47. The zero-order chi connectivity index (χ0) is 18.8. The van der Waals surface area contributed by atoms with E-state index in [1.54, 1.807) is 0 Å². The van der Waals surface area contributed by atoms with E-state index in [0.717, 1.165) is 16.5 Å². The Morgan fingerprint density at radius 3 is 2.58 bits per heavy atom. The summed E-state index contributed by atoms with van der Waals surface area (Å²) in [4.78, 5) is 26.3. The number of benzene rings is 1. The Balaban J connectivity index is 1.61. The van der Waals surface area contributed by atoms with Crippen LogP contribution in [0.15, 0.2) is 30.5 Å². The van der Waals surface area contributed by atoms with Crippen molar-refractivity contribution in [3.63, 3.8) is 0 Å². The van der Waals surface area contributed by atoms with Gasteiger partial charge in [-0.2, -0.15) is 0 Å². The molecule has 1 aliphatic heterocycles. The molecule has 1 saturated heterocycles. The number of H-pyrrole nitrogens is 1. The number of amides is 1. The number of hydrogen-bond donors (Lipinski definition) is 6. The molecule has 2 heterocycles. The van der Waals surface area contributed by atoms with Crippen LogP contribution in [-0.2, 0) is 20.7 Å². The lowest BCUT2D eigenvalue weighted by atomic mass is 9.98. The third-order valence-corrected chi connectivity index (χ3v) is 4.46. The van der Waals surface area contributed by atoms with Crippen molar-refractivity contribution in [2.45, 2.75) is 43.5 Å². The molecule has 0 saturated carbocycles. The summed E-state index contributed by atoms with van der Waals surface area (Å²) in [7, 11) is 0. The van der Waals surface area contributed by atoms with Crippen molar-refractivity contribution < 1.29 is 34.8 Å². The van der Waals surface area contributed by atoms with Gasteiger partial charge in [0.25, 0.3) is 0 Å². The maximum atomic E-state index is 12.1. The minimum Gasteiger partial charge on any atom is -0.479 e. The van der Waals surface area contributed by atoms with Crippen LogP contribution in [0.1, 0.15) is 12.0 Å². The average Bonchev–Trinajstić information content (AvgIpc) is 3.03. The number of aromatic amines is 1. The summed E-state index contributed by atoms with van der Waals surface area (Å²) in [5.74, 6) is -1.98. The number of fused-ring (bicyclic) bond motifs is 1. The molecule has 1 aromatic carbocycles. The van der Waals surface area contributed by atoms with E-state index in [0.29, 0.717) is 6.42 Å². The van der Waals surface area contributed by atoms with Crippen LogP contribution in [0.2, 0.25) is 0 Å². The Hall–Kier alpha value is -2.46. The van der Waals surface area contributed by atoms with Crippen molar-refractivity contribution in [2.24, 2.45) is 0 Å². The zero-order valence-corrected chi connectivity index (χ0v) is 13.7. The Labute approximate surface area is 148 Å². The van der Waals surface area contributed by atoms with Gasteiger partial charge in [-0.1, -0.05) is 18.2 Å². The minimum atomic E-state index is -1.79. The van der Waals surface area contributed by atoms with Crippen molar-refractivity contribution in [1.29, 1.82) is 0 Å². The third kappa shape index (κ3) is 3.56. The second-order valence-electron chi connectivity index (χ2n) is 6.21. The van der Waals surface area contributed by atoms with Gasteiger partial charge in [-0.25, -0.2) is 4.79 Å². The molecular formula is C17H20N2O7. The van der Waals surface area contributed by atoms with Gasteiger partial charge in [0, 0.05) is 23.5 Å². The molecule has 9 heteroatoms. The number of para-hydroxylation sites is 1. The Kier molecular flexibility index (Phi) is 5.23. The number of aromatic nitrogens is 1. The number of aryl methyl sites for hydroxylation is 1. The molecule has 5 atom stereocenters. The van der Waals surface area contributed by atoms with E-state index in [9.17, 15) is 24.9 Å². The van der Waals surface area contributed by atoms with Crippen molar-refractivity contribution >= 4 is 22.8 Å². The molecule has 0 bridgehead atoms. The number of carbonyl (C=O) groups excluding carboxylic acids is 1. The summed E-state index contributed by atoms with van der Waals surface area (Å²) in [5.41, 5.74) is 1.90. The molecule has 0 aliphatic carbocycles. The van der Waals surface area contributed by atoms with Crippen LogP contribution < -0.4 is 5.32 Å². The molecule has 6 N–H and O–H groups in total. The molecule has 1 amide bonds. The first-order chi connectivity index (χ1) is 12.4. The predicted octanol–water partition coefficient (Wildman–Crippen LogP) is -0.891. The lowest BCUT2D eigenvalue weighted by Crippen LogP contribution is -2.64. The van der Waals surface area contributed by atoms with Gasteiger partial charge in [0.1, 0.15) is 18.3 Å². The number of rotatable bonds is 5. The minimum absolute atomic E-state index is 0.0742. The summed E-state index contributed by atoms with van der Waals surface area (Å²) in [6.07, 6.45) is -6.04. The van der Waals surface area contributed by atoms with Crippen LogP contribution in [0.3, 0.4) is 0 Å². The van der Waals surface area contributed by atoms with Gasteiger partial charge in [-0.05, 0) is 18.1 Å². The zero-order valence-electron chi connectivity index (χ0n) is 13.7. The summed E-state index contributed by atoms with van der Waals surface area (Å²) in [6, 6.07) is 7.65. The van der Waals surface area contributed by atoms with E-state index in [2.05, 4.69) is 10.3 Å². The van der Waals surface area contributed by atoms with Crippen molar-refractivity contribution in [3.05, 3.63) is 36.0 Å². The fourth-order valence-electron chi connectivity index (χ4n) is 3.02. The predicted molar refractivity (Wildman–Crippen MR) is 89.1 cm³/mol. The first-order valence-electron chi connectivity index (χ1n) is 8.15. The Bertz CT molecular complexity index is 805. The number of aliphatic carboxylic acids is 1. The van der Waals surface area contributed by atoms with Gasteiger partial charge >= 0.3 is 5.97 Å². The fraction of sp³-hybridized carbons (Fsp3) is 0.412. The molecule has 1 fully saturated rings. The maximum absolute atomic E-state index is 12.1. The lowest BCUT2D eigenvalue weighted by Gasteiger charge is -2.38. The number of carboxylic acids is 1. The van der Waals surface area contributed by atoms with Crippen LogP contribution in [0, 0.1) is 0 Å². The molecule has 26 heavy (non-hydrogen) atoms. The highest BCUT2D eigenvalue weighted by molar-refractivity contribution is 5.84. The molecule has 140 valence electrons. The van der Waals surface area contributed by atoms with E-state index < -0.39 is 42.5 Å². The molecule has 0 unspecified atom stereocenters. The number of aliphatic hydroxyl groups excluding tert-OH is 3.